The Morgan fingerprint density at radius 1 is 1.00 bits per heavy atom. The van der Waals surface area contributed by atoms with Gasteiger partial charge in [0.25, 0.3) is 0 Å². The van der Waals surface area contributed by atoms with Crippen molar-refractivity contribution < 1.29 is 49.6 Å². The molecule has 0 aromatic rings. The molecule has 0 aliphatic carbocycles. The Hall–Kier alpha value is 1.06. The van der Waals surface area contributed by atoms with E-state index in [1.807, 2.05) is 7.05 Å². The molecule has 1 unspecified atom stereocenters. The van der Waals surface area contributed by atoms with Gasteiger partial charge in [-0.1, -0.05) is 0 Å². The van der Waals surface area contributed by atoms with Crippen LogP contribution in [0.5, 0.6) is 0 Å². The van der Waals surface area contributed by atoms with Gasteiger partial charge in [-0.15, -0.1) is 0 Å². The number of hydrogen-bond donors (Lipinski definition) is 2. The van der Waals surface area contributed by atoms with Gasteiger partial charge in [0, 0.05) is 0 Å². The maximum atomic E-state index is 14.2. The predicted molar refractivity (Wildman–Crippen MR) is 59.7 cm³/mol. The van der Waals surface area contributed by atoms with Gasteiger partial charge in [-0.25, -0.2) is 0 Å². The molecule has 1 saturated heterocycles. The van der Waals surface area contributed by atoms with Crippen molar-refractivity contribution in [1.29, 1.82) is 0 Å². The number of nitrogens with one attached hydrogen (secondary N) is 2. The Labute approximate surface area is 134 Å². The van der Waals surface area contributed by atoms with Crippen LogP contribution in [0.15, 0.2) is 0 Å². The molecule has 0 aromatic carbocycles. The van der Waals surface area contributed by atoms with Crippen LogP contribution in [0.3, 0.4) is 0 Å². The number of nitrogens with zero attached hydrogens (tertiary/aromatic N) is 2. The first-order chi connectivity index (χ1) is 7.52. The van der Waals surface area contributed by atoms with Gasteiger partial charge in [0.1, 0.15) is 0 Å². The molecular weight excluding hydrogens is 314 g/mol. The Kier molecular flexibility index (Phi) is 12.8. The maximum absolute atomic E-state index is 14.2. The molecule has 107 valence electrons. The summed E-state index contributed by atoms with van der Waals surface area (Å²) >= 11 is 1.64. The molecule has 0 amide bonds. The van der Waals surface area contributed by atoms with E-state index in [-0.39, 0.29) is 24.8 Å². The van der Waals surface area contributed by atoms with Gasteiger partial charge >= 0.3 is 109 Å². The monoisotopic (exact) mass is 335 g/mol. The summed E-state index contributed by atoms with van der Waals surface area (Å²) in [5.41, 5.74) is 0. The summed E-state index contributed by atoms with van der Waals surface area (Å²) in [5.74, 6) is 0. The Balaban J connectivity index is 0. The van der Waals surface area contributed by atoms with Crippen LogP contribution < -0.4 is 35.4 Å². The van der Waals surface area contributed by atoms with Crippen molar-refractivity contribution in [3.8, 4) is 0 Å². The molecule has 1 rings (SSSR count). The molecule has 18 heavy (non-hydrogen) atoms. The van der Waals surface area contributed by atoms with Crippen LogP contribution in [0.25, 0.3) is 0 Å². The molecule has 1 heterocycles. The van der Waals surface area contributed by atoms with Crippen molar-refractivity contribution in [2.24, 2.45) is 0 Å². The van der Waals surface area contributed by atoms with E-state index in [1.165, 1.54) is 0 Å². The van der Waals surface area contributed by atoms with Crippen LogP contribution in [0.1, 0.15) is 0 Å². The number of rotatable bonds is 0. The van der Waals surface area contributed by atoms with Gasteiger partial charge in [-0.3, -0.25) is 0 Å². The molecule has 0 spiro atoms. The summed E-state index contributed by atoms with van der Waals surface area (Å²) in [6.45, 7) is 5.76. The van der Waals surface area contributed by atoms with Gasteiger partial charge in [0.05, 0.1) is 0 Å². The van der Waals surface area contributed by atoms with Crippen molar-refractivity contribution >= 4 is 0 Å². The van der Waals surface area contributed by atoms with Gasteiger partial charge in [0.15, 0.2) is 0 Å². The van der Waals surface area contributed by atoms with Crippen LogP contribution in [-0.4, -0.2) is 73.8 Å². The Bertz CT molecular complexity index is 212. The van der Waals surface area contributed by atoms with Gasteiger partial charge in [-0.2, -0.15) is 0 Å². The van der Waals surface area contributed by atoms with Crippen LogP contribution in [0.4, 0.5) is 4.39 Å². The van der Waals surface area contributed by atoms with Crippen molar-refractivity contribution in [3.63, 3.8) is 0 Å². The Morgan fingerprint density at radius 3 is 2.28 bits per heavy atom. The number of alkyl halides is 1. The first-order valence-corrected chi connectivity index (χ1v) is 6.55. The van der Waals surface area contributed by atoms with Crippen LogP contribution >= 0.6 is 0 Å². The fourth-order valence-corrected chi connectivity index (χ4v) is 1.94. The fraction of sp³-hybridized carbons (Fsp3) is 1.00. The molecule has 0 bridgehead atoms. The molecule has 0 aromatic heterocycles. The molecule has 1 atom stereocenters. The summed E-state index contributed by atoms with van der Waals surface area (Å²) in [4.78, 5) is 4.01. The quantitative estimate of drug-likeness (QED) is 0.340. The van der Waals surface area contributed by atoms with E-state index >= 15 is 0 Å². The minimum atomic E-state index is -1.26. The third kappa shape index (κ3) is 8.28. The van der Waals surface area contributed by atoms with E-state index < -0.39 is 4.10 Å². The molecule has 2 N–H and O–H groups in total. The molecule has 8 heteroatoms. The molecule has 4 nitrogen and oxygen atoms in total. The molecule has 1 aliphatic heterocycles. The zero-order valence-corrected chi connectivity index (χ0v) is 14.1. The summed E-state index contributed by atoms with van der Waals surface area (Å²) in [6.07, 6.45) is 0. The van der Waals surface area contributed by atoms with Gasteiger partial charge < -0.3 is 24.8 Å². The SMILES string of the molecule is CN1CCNCCNC[C](F)([Ti+2])N(C)CC1.[Cl-].[Cl-]. The summed E-state index contributed by atoms with van der Waals surface area (Å²) < 4.78 is 12.9. The molecular formula is C10H22Cl2FN4Ti. The minimum Gasteiger partial charge on any atom is -1.00 e. The van der Waals surface area contributed by atoms with E-state index in [4.69, 9.17) is 0 Å². The Morgan fingerprint density at radius 2 is 1.61 bits per heavy atom. The van der Waals surface area contributed by atoms with E-state index in [1.54, 1.807) is 25.3 Å². The van der Waals surface area contributed by atoms with Crippen molar-refractivity contribution in [3.05, 3.63) is 0 Å². The molecule has 0 saturated carbocycles. The van der Waals surface area contributed by atoms with Crippen molar-refractivity contribution in [2.45, 2.75) is 4.10 Å². The zero-order valence-electron chi connectivity index (χ0n) is 11.0. The molecule has 0 radical (unpaired) electrons. The maximum Gasteiger partial charge on any atom is -1.00 e. The van der Waals surface area contributed by atoms with Gasteiger partial charge in [0.2, 0.25) is 0 Å². The number of likely N-dealkylation sites (N-methyl/N-ethyl adjacent to an activating group) is 2. The zero-order chi connectivity index (χ0) is 12.0. The molecule has 1 aliphatic rings. The smallest absolute Gasteiger partial charge is 1.00 e. The summed E-state index contributed by atoms with van der Waals surface area (Å²) in [5, 5.41) is 6.47. The second kappa shape index (κ2) is 10.8. The number of hydrogen-bond acceptors (Lipinski definition) is 4. The van der Waals surface area contributed by atoms with Crippen LogP contribution in [-0.2, 0) is 20.4 Å². The van der Waals surface area contributed by atoms with Crippen LogP contribution in [0.2, 0.25) is 0 Å². The third-order valence-electron chi connectivity index (χ3n) is 2.93. The van der Waals surface area contributed by atoms with Crippen molar-refractivity contribution in [2.75, 3.05) is 59.9 Å². The number of halogens is 3. The van der Waals surface area contributed by atoms with Crippen molar-refractivity contribution in [1.82, 2.24) is 20.4 Å². The van der Waals surface area contributed by atoms with Crippen LogP contribution in [0, 0.1) is 0 Å². The summed E-state index contributed by atoms with van der Waals surface area (Å²) in [7, 11) is 3.93. The fourth-order valence-electron chi connectivity index (χ4n) is 1.57. The van der Waals surface area contributed by atoms with Gasteiger partial charge in [-0.05, 0) is 0 Å². The van der Waals surface area contributed by atoms with E-state index in [0.29, 0.717) is 6.54 Å². The first-order valence-electron chi connectivity index (χ1n) is 5.77. The predicted octanol–water partition coefficient (Wildman–Crippen LogP) is -6.78. The normalized spacial score (nSPS) is 29.4. The van der Waals surface area contributed by atoms with E-state index in [0.717, 1.165) is 39.3 Å². The first kappa shape index (κ1) is 21.4. The summed E-state index contributed by atoms with van der Waals surface area (Å²) in [6, 6.07) is 0. The van der Waals surface area contributed by atoms with E-state index in [2.05, 4.69) is 22.6 Å². The largest absolute Gasteiger partial charge is 1.00 e. The molecule has 1 fully saturated rings. The second-order valence-electron chi connectivity index (χ2n) is 4.41. The topological polar surface area (TPSA) is 30.5 Å². The average molecular weight is 336 g/mol. The standard InChI is InChI=1S/C10H22FN4.2ClH.Ti/c1-14-6-5-12-3-4-13-9-10(11)15(2)8-7-14;;;/h12-13H,3-9H2,1-2H3;2*1H;/q;;;+2/p-2. The second-order valence-corrected chi connectivity index (χ2v) is 5.61. The minimum absolute atomic E-state index is 0. The van der Waals surface area contributed by atoms with E-state index in [9.17, 15) is 4.39 Å². The third-order valence-corrected chi connectivity index (χ3v) is 3.80. The average Bonchev–Trinajstić information content (AvgIpc) is 2.23.